The number of rotatable bonds is 3. The number of hydrogen-bond acceptors (Lipinski definition) is 4. The van der Waals surface area contributed by atoms with Gasteiger partial charge in [0.05, 0.1) is 30.9 Å². The van der Waals surface area contributed by atoms with Crippen LogP contribution in [0.4, 0.5) is 5.69 Å². The normalized spacial score (nSPS) is 15.3. The Morgan fingerprint density at radius 2 is 1.74 bits per heavy atom. The molecule has 1 aromatic heterocycles. The molecular weight excluding hydrogens is 290 g/mol. The summed E-state index contributed by atoms with van der Waals surface area (Å²) in [4.78, 5) is 6.77. The summed E-state index contributed by atoms with van der Waals surface area (Å²) < 4.78 is 7.45. The Morgan fingerprint density at radius 3 is 2.48 bits per heavy atom. The third kappa shape index (κ3) is 2.69. The molecule has 2 heterocycles. The Morgan fingerprint density at radius 1 is 1.00 bits per heavy atom. The van der Waals surface area contributed by atoms with Crippen LogP contribution in [0.15, 0.2) is 48.8 Å². The van der Waals surface area contributed by atoms with Gasteiger partial charge in [-0.1, -0.05) is 6.07 Å². The number of aliphatic hydroxyl groups is 1. The van der Waals surface area contributed by atoms with Crippen molar-refractivity contribution in [3.8, 4) is 5.69 Å². The molecule has 1 N–H and O–H groups in total. The van der Waals surface area contributed by atoms with Crippen LogP contribution in [0.25, 0.3) is 16.7 Å². The van der Waals surface area contributed by atoms with Gasteiger partial charge >= 0.3 is 0 Å². The molecule has 0 atom stereocenters. The molecule has 0 unspecified atom stereocenters. The maximum atomic E-state index is 9.33. The van der Waals surface area contributed by atoms with E-state index >= 15 is 0 Å². The lowest BCUT2D eigenvalue weighted by Gasteiger charge is -2.28. The number of imidazole rings is 1. The summed E-state index contributed by atoms with van der Waals surface area (Å²) in [5.41, 5.74) is 5.12. The third-order valence-corrected chi connectivity index (χ3v) is 4.30. The molecule has 0 amide bonds. The van der Waals surface area contributed by atoms with Crippen LogP contribution in [-0.2, 0) is 11.3 Å². The molecule has 5 heteroatoms. The Bertz CT molecular complexity index is 805. The third-order valence-electron chi connectivity index (χ3n) is 4.30. The number of nitrogens with zero attached hydrogens (tertiary/aromatic N) is 3. The van der Waals surface area contributed by atoms with Crippen molar-refractivity contribution in [3.05, 3.63) is 54.4 Å². The molecule has 1 aliphatic rings. The fourth-order valence-electron chi connectivity index (χ4n) is 3.00. The largest absolute Gasteiger partial charge is 0.392 e. The maximum absolute atomic E-state index is 9.33. The molecule has 4 rings (SSSR count). The number of benzene rings is 2. The van der Waals surface area contributed by atoms with Crippen molar-refractivity contribution in [3.63, 3.8) is 0 Å². The molecule has 1 aliphatic heterocycles. The van der Waals surface area contributed by atoms with Crippen molar-refractivity contribution in [1.82, 2.24) is 9.55 Å². The molecule has 1 fully saturated rings. The number of morpholine rings is 1. The van der Waals surface area contributed by atoms with Crippen molar-refractivity contribution in [1.29, 1.82) is 0 Å². The molecule has 23 heavy (non-hydrogen) atoms. The highest BCUT2D eigenvalue weighted by molar-refractivity contribution is 5.78. The molecule has 0 saturated carbocycles. The Kier molecular flexibility index (Phi) is 3.73. The highest BCUT2D eigenvalue weighted by Crippen LogP contribution is 2.23. The van der Waals surface area contributed by atoms with Crippen molar-refractivity contribution in [2.24, 2.45) is 0 Å². The van der Waals surface area contributed by atoms with Gasteiger partial charge in [0, 0.05) is 24.5 Å². The zero-order chi connectivity index (χ0) is 15.6. The molecule has 0 spiro atoms. The van der Waals surface area contributed by atoms with Gasteiger partial charge in [0.2, 0.25) is 0 Å². The smallest absolute Gasteiger partial charge is 0.100 e. The van der Waals surface area contributed by atoms with E-state index in [1.807, 2.05) is 24.5 Å². The van der Waals surface area contributed by atoms with Gasteiger partial charge in [0.15, 0.2) is 0 Å². The van der Waals surface area contributed by atoms with Crippen LogP contribution in [0, 0.1) is 0 Å². The van der Waals surface area contributed by atoms with E-state index in [4.69, 9.17) is 4.74 Å². The highest BCUT2D eigenvalue weighted by atomic mass is 16.5. The second-order valence-corrected chi connectivity index (χ2v) is 5.71. The molecule has 3 aromatic rings. The van der Waals surface area contributed by atoms with E-state index in [1.165, 1.54) is 5.69 Å². The van der Waals surface area contributed by atoms with Crippen molar-refractivity contribution < 1.29 is 9.84 Å². The van der Waals surface area contributed by atoms with E-state index in [-0.39, 0.29) is 6.61 Å². The zero-order valence-electron chi connectivity index (χ0n) is 12.9. The minimum absolute atomic E-state index is 0.0388. The van der Waals surface area contributed by atoms with E-state index in [0.717, 1.165) is 48.6 Å². The van der Waals surface area contributed by atoms with E-state index in [2.05, 4.69) is 38.7 Å². The number of ether oxygens (including phenoxy) is 1. The molecule has 5 nitrogen and oxygen atoms in total. The lowest BCUT2D eigenvalue weighted by Crippen LogP contribution is -2.36. The molecule has 2 aromatic carbocycles. The monoisotopic (exact) mass is 309 g/mol. The molecular formula is C18H19N3O2. The van der Waals surface area contributed by atoms with Crippen LogP contribution in [0.3, 0.4) is 0 Å². The summed E-state index contributed by atoms with van der Waals surface area (Å²) in [5, 5.41) is 9.33. The standard InChI is InChI=1S/C18H19N3O2/c22-12-14-1-6-17-18(11-14)21(13-19-17)16-4-2-15(3-5-16)20-7-9-23-10-8-20/h1-6,11,13,22H,7-10,12H2. The van der Waals surface area contributed by atoms with E-state index < -0.39 is 0 Å². The predicted octanol–water partition coefficient (Wildman–Crippen LogP) is 2.35. The van der Waals surface area contributed by atoms with Gasteiger partial charge in [-0.05, 0) is 42.0 Å². The summed E-state index contributed by atoms with van der Waals surface area (Å²) in [6, 6.07) is 14.3. The number of hydrogen-bond donors (Lipinski definition) is 1. The fraction of sp³-hybridized carbons (Fsp3) is 0.278. The zero-order valence-corrected chi connectivity index (χ0v) is 12.9. The SMILES string of the molecule is OCc1ccc2ncn(-c3ccc(N4CCOCC4)cc3)c2c1. The quantitative estimate of drug-likeness (QED) is 0.807. The molecule has 0 aliphatic carbocycles. The first-order valence-electron chi connectivity index (χ1n) is 7.85. The van der Waals surface area contributed by atoms with Crippen LogP contribution in [0.2, 0.25) is 0 Å². The van der Waals surface area contributed by atoms with E-state index in [1.54, 1.807) is 0 Å². The first-order chi connectivity index (χ1) is 11.3. The lowest BCUT2D eigenvalue weighted by molar-refractivity contribution is 0.122. The van der Waals surface area contributed by atoms with Crippen LogP contribution >= 0.6 is 0 Å². The van der Waals surface area contributed by atoms with Crippen molar-refractivity contribution in [2.75, 3.05) is 31.2 Å². The van der Waals surface area contributed by atoms with Crippen molar-refractivity contribution >= 4 is 16.7 Å². The minimum atomic E-state index is 0.0388. The van der Waals surface area contributed by atoms with Gasteiger partial charge in [0.1, 0.15) is 6.33 Å². The summed E-state index contributed by atoms with van der Waals surface area (Å²) in [6.07, 6.45) is 1.83. The van der Waals surface area contributed by atoms with Crippen LogP contribution in [-0.4, -0.2) is 41.0 Å². The summed E-state index contributed by atoms with van der Waals surface area (Å²) in [6.45, 7) is 3.49. The number of anilines is 1. The Balaban J connectivity index is 1.67. The van der Waals surface area contributed by atoms with E-state index in [0.29, 0.717) is 0 Å². The number of fused-ring (bicyclic) bond motifs is 1. The number of aromatic nitrogens is 2. The van der Waals surface area contributed by atoms with Gasteiger partial charge < -0.3 is 14.7 Å². The lowest BCUT2D eigenvalue weighted by atomic mass is 10.2. The minimum Gasteiger partial charge on any atom is -0.392 e. The highest BCUT2D eigenvalue weighted by Gasteiger charge is 2.11. The molecule has 0 radical (unpaired) electrons. The first-order valence-corrected chi connectivity index (χ1v) is 7.85. The van der Waals surface area contributed by atoms with E-state index in [9.17, 15) is 5.11 Å². The van der Waals surface area contributed by atoms with Crippen LogP contribution in [0.1, 0.15) is 5.56 Å². The van der Waals surface area contributed by atoms with Crippen LogP contribution < -0.4 is 4.90 Å². The Labute approximate surface area is 134 Å². The number of aliphatic hydroxyl groups excluding tert-OH is 1. The summed E-state index contributed by atoms with van der Waals surface area (Å²) >= 11 is 0. The first kappa shape index (κ1) is 14.2. The van der Waals surface area contributed by atoms with Gasteiger partial charge in [-0.15, -0.1) is 0 Å². The van der Waals surface area contributed by atoms with Gasteiger partial charge in [-0.2, -0.15) is 0 Å². The molecule has 1 saturated heterocycles. The van der Waals surface area contributed by atoms with Crippen molar-refractivity contribution in [2.45, 2.75) is 6.61 Å². The van der Waals surface area contributed by atoms with Gasteiger partial charge in [-0.25, -0.2) is 4.98 Å². The summed E-state index contributed by atoms with van der Waals surface area (Å²) in [7, 11) is 0. The topological polar surface area (TPSA) is 50.5 Å². The molecule has 0 bridgehead atoms. The second kappa shape index (κ2) is 6.02. The van der Waals surface area contributed by atoms with Gasteiger partial charge in [-0.3, -0.25) is 4.57 Å². The molecule has 118 valence electrons. The fourth-order valence-corrected chi connectivity index (χ4v) is 3.00. The van der Waals surface area contributed by atoms with Gasteiger partial charge in [0.25, 0.3) is 0 Å². The average molecular weight is 309 g/mol. The average Bonchev–Trinajstić information content (AvgIpc) is 3.05. The maximum Gasteiger partial charge on any atom is 0.100 e. The summed E-state index contributed by atoms with van der Waals surface area (Å²) in [5.74, 6) is 0. The predicted molar refractivity (Wildman–Crippen MR) is 90.0 cm³/mol. The van der Waals surface area contributed by atoms with Crippen LogP contribution in [0.5, 0.6) is 0 Å². The second-order valence-electron chi connectivity index (χ2n) is 5.71. The Hall–Kier alpha value is -2.37.